The molecular weight excluding hydrogens is 492 g/mol. The molecule has 4 aromatic carbocycles. The number of H-pyrrole nitrogens is 3. The van der Waals surface area contributed by atoms with Crippen LogP contribution in [0.25, 0.3) is 44.2 Å². The topological polar surface area (TPSA) is 76.0 Å². The number of piperazine rings is 1. The number of rotatable bonds is 6. The van der Waals surface area contributed by atoms with Gasteiger partial charge in [-0.15, -0.1) is 0 Å². The average Bonchev–Trinajstić information content (AvgIpc) is 3.56. The van der Waals surface area contributed by atoms with Gasteiger partial charge in [-0.25, -0.2) is 4.98 Å². The van der Waals surface area contributed by atoms with E-state index in [0.29, 0.717) is 11.4 Å². The highest BCUT2D eigenvalue weighted by Crippen LogP contribution is 2.30. The molecule has 3 N–H and O–H groups in total. The fourth-order valence-corrected chi connectivity index (χ4v) is 5.61. The molecule has 7 rings (SSSR count). The van der Waals surface area contributed by atoms with E-state index < -0.39 is 0 Å². The number of aromatic nitrogens is 4. The Hall–Kier alpha value is -4.14. The van der Waals surface area contributed by atoms with Gasteiger partial charge in [0, 0.05) is 38.3 Å². The lowest BCUT2D eigenvalue weighted by molar-refractivity contribution is 0.201. The van der Waals surface area contributed by atoms with Crippen LogP contribution in [0.2, 0.25) is 0 Å². The van der Waals surface area contributed by atoms with Gasteiger partial charge in [-0.05, 0) is 53.3 Å². The van der Waals surface area contributed by atoms with Gasteiger partial charge in [-0.3, -0.25) is 4.90 Å². The number of hydrogen-bond acceptors (Lipinski definition) is 5. The zero-order chi connectivity index (χ0) is 25.5. The van der Waals surface area contributed by atoms with E-state index in [0.717, 1.165) is 71.9 Å². The lowest BCUT2D eigenvalue weighted by Crippen LogP contribution is -2.47. The molecule has 0 radical (unpaired) electrons. The van der Waals surface area contributed by atoms with Crippen LogP contribution in [0.4, 0.5) is 5.69 Å². The smallest absolute Gasteiger partial charge is 0.175 e. The molecule has 38 heavy (non-hydrogen) atoms. The van der Waals surface area contributed by atoms with Gasteiger partial charge in [-0.2, -0.15) is 0 Å². The van der Waals surface area contributed by atoms with Crippen molar-refractivity contribution in [3.8, 4) is 17.1 Å². The predicted molar refractivity (Wildman–Crippen MR) is 157 cm³/mol. The van der Waals surface area contributed by atoms with Crippen molar-refractivity contribution in [3.63, 3.8) is 0 Å². The Bertz CT molecular complexity index is 1810. The quantitative estimate of drug-likeness (QED) is 0.231. The van der Waals surface area contributed by atoms with Crippen molar-refractivity contribution < 1.29 is 4.74 Å². The molecule has 1 saturated heterocycles. The maximum atomic E-state index is 6.11. The Balaban J connectivity index is 1.02. The first-order chi connectivity index (χ1) is 18.7. The summed E-state index contributed by atoms with van der Waals surface area (Å²) in [6.45, 7) is 5.40. The molecule has 8 heteroatoms. The largest absolute Gasteiger partial charge is 0.490 e. The van der Waals surface area contributed by atoms with Gasteiger partial charge in [0.1, 0.15) is 29.2 Å². The van der Waals surface area contributed by atoms with Crippen molar-refractivity contribution in [3.05, 3.63) is 83.6 Å². The maximum absolute atomic E-state index is 6.11. The number of imidazole rings is 2. The standard InChI is InChI=1S/C30H28N6OS/c38-30-32-24-8-4-10-26(28(24)34-30)37-18-17-35-13-15-36(16-14-35)25-9-3-7-23-27(25)33-29(31-23)22-12-11-20-5-1-2-6-21(20)19-22/h1-12,19H,13-18H2,(H,31,33)(H2,32,34,38). The van der Waals surface area contributed by atoms with E-state index >= 15 is 0 Å². The van der Waals surface area contributed by atoms with Crippen LogP contribution in [0.5, 0.6) is 5.75 Å². The first-order valence-corrected chi connectivity index (χ1v) is 13.4. The van der Waals surface area contributed by atoms with Crippen molar-refractivity contribution in [1.29, 1.82) is 0 Å². The van der Waals surface area contributed by atoms with Crippen molar-refractivity contribution in [2.24, 2.45) is 0 Å². The summed E-state index contributed by atoms with van der Waals surface area (Å²) in [5.74, 6) is 1.74. The van der Waals surface area contributed by atoms with Crippen LogP contribution >= 0.6 is 12.2 Å². The van der Waals surface area contributed by atoms with Crippen LogP contribution in [-0.4, -0.2) is 64.2 Å². The number of benzene rings is 4. The van der Waals surface area contributed by atoms with Gasteiger partial charge in [0.2, 0.25) is 0 Å². The molecule has 6 aromatic rings. The molecule has 0 aliphatic carbocycles. The van der Waals surface area contributed by atoms with E-state index in [4.69, 9.17) is 21.9 Å². The van der Waals surface area contributed by atoms with Crippen molar-refractivity contribution in [2.45, 2.75) is 0 Å². The Morgan fingerprint density at radius 1 is 0.789 bits per heavy atom. The Labute approximate surface area is 225 Å². The normalized spacial score (nSPS) is 14.6. The third-order valence-electron chi connectivity index (χ3n) is 7.41. The number of para-hydroxylation sites is 2. The number of ether oxygens (including phenoxy) is 1. The summed E-state index contributed by atoms with van der Waals surface area (Å²) < 4.78 is 6.72. The summed E-state index contributed by atoms with van der Waals surface area (Å²) in [6.07, 6.45) is 0. The van der Waals surface area contributed by atoms with Crippen LogP contribution in [0.1, 0.15) is 0 Å². The van der Waals surface area contributed by atoms with Crippen LogP contribution in [-0.2, 0) is 0 Å². The third kappa shape index (κ3) is 4.31. The second-order valence-electron chi connectivity index (χ2n) is 9.76. The van der Waals surface area contributed by atoms with Crippen LogP contribution in [0, 0.1) is 4.77 Å². The highest BCUT2D eigenvalue weighted by Gasteiger charge is 2.20. The zero-order valence-electron chi connectivity index (χ0n) is 20.9. The lowest BCUT2D eigenvalue weighted by atomic mass is 10.1. The van der Waals surface area contributed by atoms with Gasteiger partial charge < -0.3 is 24.6 Å². The minimum Gasteiger partial charge on any atom is -0.490 e. The molecule has 3 heterocycles. The number of nitrogens with zero attached hydrogens (tertiary/aromatic N) is 3. The van der Waals surface area contributed by atoms with Crippen molar-refractivity contribution >= 4 is 50.7 Å². The third-order valence-corrected chi connectivity index (χ3v) is 7.61. The molecule has 0 unspecified atom stereocenters. The van der Waals surface area contributed by atoms with Gasteiger partial charge in [0.15, 0.2) is 4.77 Å². The van der Waals surface area contributed by atoms with E-state index in [1.54, 1.807) is 0 Å². The minimum atomic E-state index is 0.614. The molecule has 0 atom stereocenters. The first-order valence-electron chi connectivity index (χ1n) is 13.0. The average molecular weight is 521 g/mol. The second kappa shape index (κ2) is 9.63. The van der Waals surface area contributed by atoms with E-state index in [9.17, 15) is 0 Å². The van der Waals surface area contributed by atoms with Crippen LogP contribution in [0.15, 0.2) is 78.9 Å². The monoisotopic (exact) mass is 520 g/mol. The number of nitrogens with one attached hydrogen (secondary N) is 3. The fourth-order valence-electron chi connectivity index (χ4n) is 5.39. The SMILES string of the molecule is S=c1[nH]c2cccc(OCCN3CCN(c4cccc5[nH]c(-c6ccc7ccccc7c6)nc45)CC3)c2[nH]1. The highest BCUT2D eigenvalue weighted by molar-refractivity contribution is 7.71. The molecule has 1 fully saturated rings. The Morgan fingerprint density at radius 3 is 2.50 bits per heavy atom. The van der Waals surface area contributed by atoms with Crippen molar-refractivity contribution in [2.75, 3.05) is 44.2 Å². The van der Waals surface area contributed by atoms with E-state index in [1.165, 1.54) is 16.5 Å². The number of hydrogen-bond donors (Lipinski definition) is 3. The number of aromatic amines is 3. The summed E-state index contributed by atoms with van der Waals surface area (Å²) in [5.41, 5.74) is 6.29. The maximum Gasteiger partial charge on any atom is 0.175 e. The summed E-state index contributed by atoms with van der Waals surface area (Å²) in [6, 6.07) is 27.3. The molecule has 7 nitrogen and oxygen atoms in total. The summed E-state index contributed by atoms with van der Waals surface area (Å²) in [4.78, 5) is 19.8. The van der Waals surface area contributed by atoms with Crippen molar-refractivity contribution in [1.82, 2.24) is 24.8 Å². The molecule has 190 valence electrons. The number of fused-ring (bicyclic) bond motifs is 3. The zero-order valence-corrected chi connectivity index (χ0v) is 21.7. The second-order valence-corrected chi connectivity index (χ2v) is 10.2. The summed E-state index contributed by atoms with van der Waals surface area (Å²) in [5, 5.41) is 2.46. The fraction of sp³-hybridized carbons (Fsp3) is 0.200. The number of anilines is 1. The molecular formula is C30H28N6OS. The molecule has 0 amide bonds. The van der Waals surface area contributed by atoms with E-state index in [1.807, 2.05) is 18.2 Å². The summed E-state index contributed by atoms with van der Waals surface area (Å²) >= 11 is 5.23. The molecule has 1 aliphatic rings. The predicted octanol–water partition coefficient (Wildman–Crippen LogP) is 6.12. The molecule has 0 bridgehead atoms. The van der Waals surface area contributed by atoms with Gasteiger partial charge >= 0.3 is 0 Å². The minimum absolute atomic E-state index is 0.614. The van der Waals surface area contributed by atoms with Gasteiger partial charge in [-0.1, -0.05) is 48.5 Å². The molecule has 2 aromatic heterocycles. The molecule has 0 spiro atoms. The highest BCUT2D eigenvalue weighted by atomic mass is 32.1. The summed E-state index contributed by atoms with van der Waals surface area (Å²) in [7, 11) is 0. The first kappa shape index (κ1) is 23.0. The van der Waals surface area contributed by atoms with Crippen LogP contribution < -0.4 is 9.64 Å². The lowest BCUT2D eigenvalue weighted by Gasteiger charge is -2.36. The van der Waals surface area contributed by atoms with Gasteiger partial charge in [0.05, 0.1) is 16.7 Å². The molecule has 1 aliphatic heterocycles. The Morgan fingerprint density at radius 2 is 1.61 bits per heavy atom. The Kier molecular flexibility index (Phi) is 5.83. The van der Waals surface area contributed by atoms with Gasteiger partial charge in [0.25, 0.3) is 0 Å². The van der Waals surface area contributed by atoms with Crippen LogP contribution in [0.3, 0.4) is 0 Å². The molecule has 0 saturated carbocycles. The van der Waals surface area contributed by atoms with E-state index in [2.05, 4.69) is 85.4 Å². The van der Waals surface area contributed by atoms with E-state index in [-0.39, 0.29) is 0 Å².